The van der Waals surface area contributed by atoms with Crippen LogP contribution in [0.5, 0.6) is 0 Å². The number of benzene rings is 1. The molecule has 0 saturated carbocycles. The van der Waals surface area contributed by atoms with Crippen LogP contribution in [0.4, 0.5) is 0 Å². The Morgan fingerprint density at radius 1 is 1.17 bits per heavy atom. The van der Waals surface area contributed by atoms with Gasteiger partial charge in [-0.2, -0.15) is 0 Å². The van der Waals surface area contributed by atoms with Gasteiger partial charge in [0.05, 0.1) is 30.8 Å². The van der Waals surface area contributed by atoms with Gasteiger partial charge in [0.25, 0.3) is 5.91 Å². The molecule has 2 saturated heterocycles. The number of rotatable bonds is 3. The number of hydrogen-bond donors (Lipinski definition) is 1. The van der Waals surface area contributed by atoms with Gasteiger partial charge in [0.15, 0.2) is 9.84 Å². The van der Waals surface area contributed by atoms with Gasteiger partial charge in [-0.1, -0.05) is 11.6 Å². The van der Waals surface area contributed by atoms with E-state index in [2.05, 4.69) is 10.2 Å². The Kier molecular flexibility index (Phi) is 4.91. The zero-order chi connectivity index (χ0) is 16.4. The topological polar surface area (TPSA) is 75.7 Å². The van der Waals surface area contributed by atoms with Crippen LogP contribution in [0.1, 0.15) is 10.4 Å². The molecule has 1 aromatic rings. The zero-order valence-corrected chi connectivity index (χ0v) is 14.1. The Hall–Kier alpha value is -1.15. The lowest BCUT2D eigenvalue weighted by Crippen LogP contribution is -2.54. The van der Waals surface area contributed by atoms with Crippen LogP contribution in [0.15, 0.2) is 24.3 Å². The smallest absolute Gasteiger partial charge is 0.251 e. The number of carbonyl (C=O) groups is 1. The molecule has 0 aliphatic carbocycles. The van der Waals surface area contributed by atoms with Crippen LogP contribution in [0.2, 0.25) is 5.02 Å². The average molecular weight is 359 g/mol. The van der Waals surface area contributed by atoms with Crippen LogP contribution >= 0.6 is 11.6 Å². The van der Waals surface area contributed by atoms with Gasteiger partial charge < -0.3 is 10.1 Å². The summed E-state index contributed by atoms with van der Waals surface area (Å²) in [7, 11) is -3.15. The molecule has 6 nitrogen and oxygen atoms in total. The molecular weight excluding hydrogens is 340 g/mol. The van der Waals surface area contributed by atoms with E-state index >= 15 is 0 Å². The molecule has 126 valence electrons. The number of ether oxygens (including phenoxy) is 1. The molecule has 0 bridgehead atoms. The third kappa shape index (κ3) is 4.03. The lowest BCUT2D eigenvalue weighted by Gasteiger charge is -2.34. The molecule has 1 N–H and O–H groups in total. The van der Waals surface area contributed by atoms with E-state index in [-0.39, 0.29) is 23.5 Å². The molecule has 1 aromatic carbocycles. The summed E-state index contributed by atoms with van der Waals surface area (Å²) in [5, 5.41) is 3.43. The Bertz CT molecular complexity index is 671. The van der Waals surface area contributed by atoms with Crippen LogP contribution in [-0.4, -0.2) is 69.1 Å². The van der Waals surface area contributed by atoms with Gasteiger partial charge in [0, 0.05) is 29.7 Å². The van der Waals surface area contributed by atoms with Crippen LogP contribution < -0.4 is 5.32 Å². The molecular formula is C15H19ClN2O4S. The zero-order valence-electron chi connectivity index (χ0n) is 12.6. The molecule has 1 amide bonds. The molecule has 2 atom stereocenters. The first-order chi connectivity index (χ1) is 10.9. The molecule has 8 heteroatoms. The maximum atomic E-state index is 12.4. The lowest BCUT2D eigenvalue weighted by molar-refractivity contribution is 0.0164. The first-order valence-corrected chi connectivity index (χ1v) is 9.73. The second-order valence-corrected chi connectivity index (χ2v) is 8.47. The third-order valence-corrected chi connectivity index (χ3v) is 6.23. The van der Waals surface area contributed by atoms with E-state index in [9.17, 15) is 13.2 Å². The van der Waals surface area contributed by atoms with Crippen LogP contribution in [-0.2, 0) is 14.6 Å². The van der Waals surface area contributed by atoms with Crippen LogP contribution in [0.25, 0.3) is 0 Å². The highest BCUT2D eigenvalue weighted by Crippen LogP contribution is 2.20. The molecule has 0 radical (unpaired) electrons. The molecule has 0 spiro atoms. The van der Waals surface area contributed by atoms with Crippen molar-refractivity contribution >= 4 is 27.3 Å². The van der Waals surface area contributed by atoms with Gasteiger partial charge in [-0.15, -0.1) is 0 Å². The fourth-order valence-corrected chi connectivity index (χ4v) is 5.17. The van der Waals surface area contributed by atoms with E-state index in [1.54, 1.807) is 24.3 Å². The number of amides is 1. The predicted octanol–water partition coefficient (Wildman–Crippen LogP) is 0.568. The minimum atomic E-state index is -3.15. The second kappa shape index (κ2) is 6.76. The number of nitrogens with zero attached hydrogens (tertiary/aromatic N) is 1. The summed E-state index contributed by atoms with van der Waals surface area (Å²) in [6.45, 7) is 2.56. The van der Waals surface area contributed by atoms with E-state index < -0.39 is 15.9 Å². The highest BCUT2D eigenvalue weighted by atomic mass is 35.5. The molecule has 0 aromatic heterocycles. The fraction of sp³-hybridized carbons (Fsp3) is 0.533. The highest BCUT2D eigenvalue weighted by Gasteiger charge is 2.42. The van der Waals surface area contributed by atoms with Crippen molar-refractivity contribution in [3.8, 4) is 0 Å². The minimum absolute atomic E-state index is 0.0195. The Morgan fingerprint density at radius 2 is 1.83 bits per heavy atom. The Morgan fingerprint density at radius 3 is 2.48 bits per heavy atom. The molecule has 2 heterocycles. The van der Waals surface area contributed by atoms with Crippen molar-refractivity contribution in [3.63, 3.8) is 0 Å². The van der Waals surface area contributed by atoms with Crippen molar-refractivity contribution in [2.24, 2.45) is 0 Å². The molecule has 2 fully saturated rings. The second-order valence-electron chi connectivity index (χ2n) is 5.88. The van der Waals surface area contributed by atoms with E-state index in [4.69, 9.17) is 16.3 Å². The maximum Gasteiger partial charge on any atom is 0.251 e. The lowest BCUT2D eigenvalue weighted by atomic mass is 10.1. The summed E-state index contributed by atoms with van der Waals surface area (Å²) < 4.78 is 29.4. The van der Waals surface area contributed by atoms with Gasteiger partial charge in [0.2, 0.25) is 0 Å². The van der Waals surface area contributed by atoms with Crippen molar-refractivity contribution in [3.05, 3.63) is 34.9 Å². The maximum absolute atomic E-state index is 12.4. The first-order valence-electron chi connectivity index (χ1n) is 7.53. The van der Waals surface area contributed by atoms with Crippen molar-refractivity contribution in [2.75, 3.05) is 37.8 Å². The quantitative estimate of drug-likeness (QED) is 0.854. The summed E-state index contributed by atoms with van der Waals surface area (Å²) in [5.41, 5.74) is 0.472. The third-order valence-electron chi connectivity index (χ3n) is 4.26. The normalized spacial score (nSPS) is 27.7. The van der Waals surface area contributed by atoms with Gasteiger partial charge in [-0.3, -0.25) is 9.69 Å². The van der Waals surface area contributed by atoms with Gasteiger partial charge in [-0.25, -0.2) is 8.42 Å². The SMILES string of the molecule is O=C(NC1CS(=O)(=O)CC1N1CCOCC1)c1ccc(Cl)cc1. The Balaban J connectivity index is 1.73. The van der Waals surface area contributed by atoms with Crippen molar-refractivity contribution < 1.29 is 17.9 Å². The molecule has 2 unspecified atom stereocenters. The van der Waals surface area contributed by atoms with Crippen molar-refractivity contribution in [1.82, 2.24) is 10.2 Å². The van der Waals surface area contributed by atoms with Crippen molar-refractivity contribution in [2.45, 2.75) is 12.1 Å². The monoisotopic (exact) mass is 358 g/mol. The summed E-state index contributed by atoms with van der Waals surface area (Å²) >= 11 is 5.82. The number of hydrogen-bond acceptors (Lipinski definition) is 5. The van der Waals surface area contributed by atoms with Gasteiger partial charge in [0.1, 0.15) is 0 Å². The number of sulfone groups is 1. The van der Waals surface area contributed by atoms with E-state index in [0.29, 0.717) is 36.9 Å². The summed E-state index contributed by atoms with van der Waals surface area (Å²) in [6.07, 6.45) is 0. The molecule has 2 aliphatic rings. The van der Waals surface area contributed by atoms with E-state index in [1.165, 1.54) is 0 Å². The predicted molar refractivity (Wildman–Crippen MR) is 87.5 cm³/mol. The minimum Gasteiger partial charge on any atom is -0.379 e. The standard InChI is InChI=1S/C15H19ClN2O4S/c16-12-3-1-11(2-4-12)15(19)17-13-9-23(20,21)10-14(13)18-5-7-22-8-6-18/h1-4,13-14H,5-10H2,(H,17,19). The summed E-state index contributed by atoms with van der Waals surface area (Å²) in [4.78, 5) is 14.5. The van der Waals surface area contributed by atoms with Crippen molar-refractivity contribution in [1.29, 1.82) is 0 Å². The number of nitrogens with one attached hydrogen (secondary N) is 1. The first kappa shape index (κ1) is 16.7. The number of halogens is 1. The molecule has 3 rings (SSSR count). The molecule has 23 heavy (non-hydrogen) atoms. The van der Waals surface area contributed by atoms with Gasteiger partial charge in [-0.05, 0) is 24.3 Å². The Labute approximate surface area is 140 Å². The van der Waals surface area contributed by atoms with Crippen LogP contribution in [0.3, 0.4) is 0 Å². The summed E-state index contributed by atoms with van der Waals surface area (Å²) in [6, 6.07) is 5.94. The van der Waals surface area contributed by atoms with E-state index in [0.717, 1.165) is 0 Å². The highest BCUT2D eigenvalue weighted by molar-refractivity contribution is 7.91. The fourth-order valence-electron chi connectivity index (χ4n) is 3.09. The number of morpholine rings is 1. The van der Waals surface area contributed by atoms with Gasteiger partial charge >= 0.3 is 0 Å². The average Bonchev–Trinajstić information content (AvgIpc) is 2.83. The largest absolute Gasteiger partial charge is 0.379 e. The molecule has 2 aliphatic heterocycles. The van der Waals surface area contributed by atoms with E-state index in [1.807, 2.05) is 0 Å². The summed E-state index contributed by atoms with van der Waals surface area (Å²) in [5.74, 6) is -0.213. The number of carbonyl (C=O) groups excluding carboxylic acids is 1. The van der Waals surface area contributed by atoms with Crippen LogP contribution in [0, 0.1) is 0 Å².